The molecule has 0 aromatic heterocycles. The second-order valence-electron chi connectivity index (χ2n) is 3.43. The summed E-state index contributed by atoms with van der Waals surface area (Å²) >= 11 is 3.25. The number of nitrogen functional groups attached to an aromatic ring is 1. The summed E-state index contributed by atoms with van der Waals surface area (Å²) < 4.78 is 25.6. The lowest BCUT2D eigenvalue weighted by Gasteiger charge is -2.14. The molecule has 0 radical (unpaired) electrons. The second kappa shape index (κ2) is 4.11. The Balaban J connectivity index is 3.46. The van der Waals surface area contributed by atoms with E-state index >= 15 is 0 Å². The molecule has 0 saturated heterocycles. The minimum Gasteiger partial charge on any atom is -0.398 e. The SMILES string of the molecule is Cc1cc(Br)c(N)cc1S(=O)(=O)N(C)C. The predicted molar refractivity (Wildman–Crippen MR) is 64.2 cm³/mol. The number of hydrogen-bond acceptors (Lipinski definition) is 3. The van der Waals surface area contributed by atoms with Crippen LogP contribution >= 0.6 is 15.9 Å². The Labute approximate surface area is 98.3 Å². The molecular formula is C9H13BrN2O2S. The van der Waals surface area contributed by atoms with Crippen LogP contribution in [0.4, 0.5) is 5.69 Å². The van der Waals surface area contributed by atoms with Gasteiger partial charge in [0, 0.05) is 24.3 Å². The molecule has 6 heteroatoms. The van der Waals surface area contributed by atoms with E-state index in [1.54, 1.807) is 13.0 Å². The molecule has 0 aliphatic heterocycles. The summed E-state index contributed by atoms with van der Waals surface area (Å²) in [5, 5.41) is 0. The maximum absolute atomic E-state index is 11.9. The fraction of sp³-hybridized carbons (Fsp3) is 0.333. The van der Waals surface area contributed by atoms with Crippen LogP contribution < -0.4 is 5.73 Å². The lowest BCUT2D eigenvalue weighted by molar-refractivity contribution is 0.520. The molecule has 1 rings (SSSR count). The third-order valence-electron chi connectivity index (χ3n) is 2.05. The summed E-state index contributed by atoms with van der Waals surface area (Å²) in [4.78, 5) is 0.244. The summed E-state index contributed by atoms with van der Waals surface area (Å²) in [5.74, 6) is 0. The highest BCUT2D eigenvalue weighted by molar-refractivity contribution is 9.10. The molecule has 0 aliphatic carbocycles. The van der Waals surface area contributed by atoms with Crippen LogP contribution in [0.3, 0.4) is 0 Å². The average Bonchev–Trinajstić information content (AvgIpc) is 2.10. The molecule has 0 saturated carbocycles. The van der Waals surface area contributed by atoms with Gasteiger partial charge in [-0.25, -0.2) is 12.7 Å². The molecule has 0 heterocycles. The van der Waals surface area contributed by atoms with Crippen molar-refractivity contribution >= 4 is 31.6 Å². The predicted octanol–water partition coefficient (Wildman–Crippen LogP) is 1.59. The minimum atomic E-state index is -3.41. The van der Waals surface area contributed by atoms with E-state index in [0.29, 0.717) is 15.7 Å². The molecule has 84 valence electrons. The Morgan fingerprint density at radius 2 is 1.87 bits per heavy atom. The second-order valence-corrected chi connectivity index (χ2v) is 6.40. The normalized spacial score (nSPS) is 12.1. The van der Waals surface area contributed by atoms with Crippen LogP contribution in [0.2, 0.25) is 0 Å². The molecule has 0 spiro atoms. The number of rotatable bonds is 2. The van der Waals surface area contributed by atoms with E-state index in [-0.39, 0.29) is 4.90 Å². The van der Waals surface area contributed by atoms with Crippen molar-refractivity contribution in [2.75, 3.05) is 19.8 Å². The smallest absolute Gasteiger partial charge is 0.242 e. The molecule has 0 fully saturated rings. The highest BCUT2D eigenvalue weighted by Gasteiger charge is 2.20. The van der Waals surface area contributed by atoms with Gasteiger partial charge >= 0.3 is 0 Å². The maximum atomic E-state index is 11.9. The Morgan fingerprint density at radius 1 is 1.33 bits per heavy atom. The van der Waals surface area contributed by atoms with Crippen molar-refractivity contribution in [3.8, 4) is 0 Å². The monoisotopic (exact) mass is 292 g/mol. The van der Waals surface area contributed by atoms with Crippen LogP contribution in [0, 0.1) is 6.92 Å². The van der Waals surface area contributed by atoms with Crippen LogP contribution in [0.5, 0.6) is 0 Å². The standard InChI is InChI=1S/C9H13BrN2O2S/c1-6-4-7(10)8(11)5-9(6)15(13,14)12(2)3/h4-5H,11H2,1-3H3. The topological polar surface area (TPSA) is 63.4 Å². The average molecular weight is 293 g/mol. The van der Waals surface area contributed by atoms with Gasteiger partial charge in [-0.2, -0.15) is 0 Å². The van der Waals surface area contributed by atoms with Crippen LogP contribution in [0.25, 0.3) is 0 Å². The van der Waals surface area contributed by atoms with Crippen LogP contribution in [-0.4, -0.2) is 26.8 Å². The van der Waals surface area contributed by atoms with Crippen molar-refractivity contribution in [1.29, 1.82) is 0 Å². The number of sulfonamides is 1. The molecule has 0 atom stereocenters. The maximum Gasteiger partial charge on any atom is 0.242 e. The quantitative estimate of drug-likeness (QED) is 0.842. The molecule has 1 aromatic rings. The molecule has 0 bridgehead atoms. The van der Waals surface area contributed by atoms with Crippen molar-refractivity contribution in [3.63, 3.8) is 0 Å². The van der Waals surface area contributed by atoms with Crippen molar-refractivity contribution < 1.29 is 8.42 Å². The van der Waals surface area contributed by atoms with E-state index in [4.69, 9.17) is 5.73 Å². The number of hydrogen-bond donors (Lipinski definition) is 1. The summed E-state index contributed by atoms with van der Waals surface area (Å²) in [5.41, 5.74) is 6.75. The van der Waals surface area contributed by atoms with Gasteiger partial charge in [-0.15, -0.1) is 0 Å². The fourth-order valence-corrected chi connectivity index (χ4v) is 2.74. The first-order chi connectivity index (χ1) is 6.76. The van der Waals surface area contributed by atoms with Crippen LogP contribution in [0.15, 0.2) is 21.5 Å². The molecule has 0 amide bonds. The first-order valence-corrected chi connectivity index (χ1v) is 6.48. The largest absolute Gasteiger partial charge is 0.398 e. The van der Waals surface area contributed by atoms with Crippen molar-refractivity contribution in [2.45, 2.75) is 11.8 Å². The fourth-order valence-electron chi connectivity index (χ4n) is 1.14. The van der Waals surface area contributed by atoms with E-state index in [2.05, 4.69) is 15.9 Å². The van der Waals surface area contributed by atoms with Gasteiger partial charge in [-0.3, -0.25) is 0 Å². The zero-order valence-electron chi connectivity index (χ0n) is 8.78. The van der Waals surface area contributed by atoms with E-state index < -0.39 is 10.0 Å². The van der Waals surface area contributed by atoms with Crippen molar-refractivity contribution in [3.05, 3.63) is 22.2 Å². The molecule has 2 N–H and O–H groups in total. The molecule has 0 unspecified atom stereocenters. The highest BCUT2D eigenvalue weighted by Crippen LogP contribution is 2.27. The zero-order valence-corrected chi connectivity index (χ0v) is 11.2. The van der Waals surface area contributed by atoms with E-state index in [1.165, 1.54) is 24.5 Å². The molecule has 0 aliphatic rings. The van der Waals surface area contributed by atoms with Gasteiger partial charge in [-0.1, -0.05) is 0 Å². The van der Waals surface area contributed by atoms with E-state index in [0.717, 1.165) is 0 Å². The minimum absolute atomic E-state index is 0.244. The van der Waals surface area contributed by atoms with Gasteiger partial charge in [0.25, 0.3) is 0 Å². The lowest BCUT2D eigenvalue weighted by atomic mass is 10.2. The van der Waals surface area contributed by atoms with Crippen molar-refractivity contribution in [2.24, 2.45) is 0 Å². The molecule has 15 heavy (non-hydrogen) atoms. The lowest BCUT2D eigenvalue weighted by Crippen LogP contribution is -2.23. The van der Waals surface area contributed by atoms with E-state index in [9.17, 15) is 8.42 Å². The zero-order chi connectivity index (χ0) is 11.8. The Morgan fingerprint density at radius 3 is 2.33 bits per heavy atom. The highest BCUT2D eigenvalue weighted by atomic mass is 79.9. The first-order valence-electron chi connectivity index (χ1n) is 4.25. The van der Waals surface area contributed by atoms with Gasteiger partial charge in [0.1, 0.15) is 0 Å². The van der Waals surface area contributed by atoms with E-state index in [1.807, 2.05) is 0 Å². The first kappa shape index (κ1) is 12.5. The number of aryl methyl sites for hydroxylation is 1. The van der Waals surface area contributed by atoms with Gasteiger partial charge in [0.05, 0.1) is 4.90 Å². The molecule has 1 aromatic carbocycles. The number of halogens is 1. The summed E-state index contributed by atoms with van der Waals surface area (Å²) in [6, 6.07) is 3.17. The molecular weight excluding hydrogens is 280 g/mol. The Hall–Kier alpha value is -0.590. The summed E-state index contributed by atoms with van der Waals surface area (Å²) in [6.45, 7) is 1.74. The summed E-state index contributed by atoms with van der Waals surface area (Å²) in [6.07, 6.45) is 0. The number of nitrogens with zero attached hydrogens (tertiary/aromatic N) is 1. The Kier molecular flexibility index (Phi) is 3.42. The summed E-state index contributed by atoms with van der Waals surface area (Å²) in [7, 11) is -0.428. The third kappa shape index (κ3) is 2.32. The van der Waals surface area contributed by atoms with Gasteiger partial charge in [0.2, 0.25) is 10.0 Å². The number of nitrogens with two attached hydrogens (primary N) is 1. The molecule has 4 nitrogen and oxygen atoms in total. The Bertz CT molecular complexity index is 483. The van der Waals surface area contributed by atoms with Gasteiger partial charge < -0.3 is 5.73 Å². The van der Waals surface area contributed by atoms with Crippen LogP contribution in [-0.2, 0) is 10.0 Å². The number of benzene rings is 1. The van der Waals surface area contributed by atoms with Crippen LogP contribution in [0.1, 0.15) is 5.56 Å². The number of anilines is 1. The van der Waals surface area contributed by atoms with Gasteiger partial charge in [-0.05, 0) is 40.5 Å². The van der Waals surface area contributed by atoms with Crippen molar-refractivity contribution in [1.82, 2.24) is 4.31 Å². The van der Waals surface area contributed by atoms with Gasteiger partial charge in [0.15, 0.2) is 0 Å². The third-order valence-corrected chi connectivity index (χ3v) is 4.70.